The molecule has 0 aliphatic carbocycles. The van der Waals surface area contributed by atoms with Crippen molar-refractivity contribution in [2.24, 2.45) is 5.41 Å². The van der Waals surface area contributed by atoms with Crippen molar-refractivity contribution in [3.63, 3.8) is 0 Å². The van der Waals surface area contributed by atoms with Gasteiger partial charge in [-0.3, -0.25) is 9.59 Å². The zero-order chi connectivity index (χ0) is 15.3. The Bertz CT molecular complexity index is 511. The molecule has 1 atom stereocenters. The van der Waals surface area contributed by atoms with Gasteiger partial charge in [-0.2, -0.15) is 0 Å². The Morgan fingerprint density at radius 3 is 2.27 bits per heavy atom. The van der Waals surface area contributed by atoms with Crippen LogP contribution in [0.3, 0.4) is 0 Å². The molecule has 0 aromatic heterocycles. The standard InChI is InChI=1S/C16H23N3O2.ClH/c1-3-14(20)18-12-5-7-13(8-6-12)19-15(21)16(2)9-4-10-17-11-16;/h5-8,17H,3-4,9-11H2,1-2H3,(H,18,20)(H,19,21);1H. The number of hydrogen-bond acceptors (Lipinski definition) is 3. The van der Waals surface area contributed by atoms with E-state index in [1.54, 1.807) is 12.1 Å². The van der Waals surface area contributed by atoms with Crippen molar-refractivity contribution in [2.75, 3.05) is 23.7 Å². The molecule has 1 aromatic rings. The van der Waals surface area contributed by atoms with Gasteiger partial charge >= 0.3 is 0 Å². The molecule has 22 heavy (non-hydrogen) atoms. The van der Waals surface area contributed by atoms with Gasteiger partial charge in [0.25, 0.3) is 0 Å². The molecule has 0 bridgehead atoms. The van der Waals surface area contributed by atoms with Crippen molar-refractivity contribution in [1.82, 2.24) is 5.32 Å². The highest BCUT2D eigenvalue weighted by molar-refractivity contribution is 5.96. The summed E-state index contributed by atoms with van der Waals surface area (Å²) in [6.45, 7) is 5.49. The highest BCUT2D eigenvalue weighted by atomic mass is 35.5. The first-order chi connectivity index (χ1) is 10.0. The van der Waals surface area contributed by atoms with E-state index in [1.807, 2.05) is 26.0 Å². The second-order valence-corrected chi connectivity index (χ2v) is 5.77. The largest absolute Gasteiger partial charge is 0.326 e. The SMILES string of the molecule is CCC(=O)Nc1ccc(NC(=O)C2(C)CCCNC2)cc1.Cl. The van der Waals surface area contributed by atoms with Crippen LogP contribution < -0.4 is 16.0 Å². The normalized spacial score (nSPS) is 20.6. The smallest absolute Gasteiger partial charge is 0.231 e. The number of carbonyl (C=O) groups excluding carboxylic acids is 2. The van der Waals surface area contributed by atoms with E-state index in [0.29, 0.717) is 13.0 Å². The molecule has 0 saturated carbocycles. The Labute approximate surface area is 137 Å². The quantitative estimate of drug-likeness (QED) is 0.797. The monoisotopic (exact) mass is 325 g/mol. The first-order valence-corrected chi connectivity index (χ1v) is 7.45. The summed E-state index contributed by atoms with van der Waals surface area (Å²) in [6.07, 6.45) is 2.37. The summed E-state index contributed by atoms with van der Waals surface area (Å²) in [5, 5.41) is 9.01. The van der Waals surface area contributed by atoms with Crippen molar-refractivity contribution >= 4 is 35.6 Å². The van der Waals surface area contributed by atoms with Gasteiger partial charge in [-0.15, -0.1) is 12.4 Å². The van der Waals surface area contributed by atoms with E-state index in [1.165, 1.54) is 0 Å². The number of piperidine rings is 1. The second kappa shape index (κ2) is 8.15. The predicted molar refractivity (Wildman–Crippen MR) is 91.5 cm³/mol. The van der Waals surface area contributed by atoms with Crippen LogP contribution in [0.25, 0.3) is 0 Å². The Morgan fingerprint density at radius 1 is 1.18 bits per heavy atom. The molecule has 2 rings (SSSR count). The van der Waals surface area contributed by atoms with Crippen molar-refractivity contribution in [3.8, 4) is 0 Å². The van der Waals surface area contributed by atoms with Crippen LogP contribution in [0.4, 0.5) is 11.4 Å². The van der Waals surface area contributed by atoms with Gasteiger partial charge in [-0.1, -0.05) is 6.92 Å². The van der Waals surface area contributed by atoms with Gasteiger partial charge in [0.05, 0.1) is 5.41 Å². The first kappa shape index (κ1) is 18.5. The molecule has 1 aromatic carbocycles. The zero-order valence-electron chi connectivity index (χ0n) is 13.1. The van der Waals surface area contributed by atoms with Gasteiger partial charge in [0.2, 0.25) is 11.8 Å². The number of benzene rings is 1. The minimum absolute atomic E-state index is 0. The number of carbonyl (C=O) groups is 2. The summed E-state index contributed by atoms with van der Waals surface area (Å²) >= 11 is 0. The summed E-state index contributed by atoms with van der Waals surface area (Å²) in [7, 11) is 0. The Kier molecular flexibility index (Phi) is 6.84. The highest BCUT2D eigenvalue weighted by Crippen LogP contribution is 2.27. The average molecular weight is 326 g/mol. The zero-order valence-corrected chi connectivity index (χ0v) is 13.9. The van der Waals surface area contributed by atoms with E-state index >= 15 is 0 Å². The number of hydrogen-bond donors (Lipinski definition) is 3. The van der Waals surface area contributed by atoms with Crippen molar-refractivity contribution in [3.05, 3.63) is 24.3 Å². The van der Waals surface area contributed by atoms with Crippen molar-refractivity contribution < 1.29 is 9.59 Å². The summed E-state index contributed by atoms with van der Waals surface area (Å²) in [6, 6.07) is 7.21. The third kappa shape index (κ3) is 4.71. The fourth-order valence-electron chi connectivity index (χ4n) is 2.42. The molecule has 0 radical (unpaired) electrons. The van der Waals surface area contributed by atoms with Crippen LogP contribution in [-0.2, 0) is 9.59 Å². The number of amides is 2. The van der Waals surface area contributed by atoms with E-state index in [4.69, 9.17) is 0 Å². The molecule has 6 heteroatoms. The van der Waals surface area contributed by atoms with Crippen LogP contribution in [0.15, 0.2) is 24.3 Å². The molecule has 1 saturated heterocycles. The van der Waals surface area contributed by atoms with Crippen LogP contribution in [-0.4, -0.2) is 24.9 Å². The summed E-state index contributed by atoms with van der Waals surface area (Å²) in [5.74, 6) is 0.0209. The van der Waals surface area contributed by atoms with Crippen LogP contribution in [0.5, 0.6) is 0 Å². The van der Waals surface area contributed by atoms with Gasteiger partial charge in [0.15, 0.2) is 0 Å². The van der Waals surface area contributed by atoms with Crippen LogP contribution in [0.1, 0.15) is 33.1 Å². The molecule has 1 aliphatic rings. The lowest BCUT2D eigenvalue weighted by Gasteiger charge is -2.32. The van der Waals surface area contributed by atoms with E-state index in [0.717, 1.165) is 30.8 Å². The highest BCUT2D eigenvalue weighted by Gasteiger charge is 2.34. The summed E-state index contributed by atoms with van der Waals surface area (Å²) in [4.78, 5) is 23.7. The Hall–Kier alpha value is -1.59. The van der Waals surface area contributed by atoms with Gasteiger partial charge in [-0.25, -0.2) is 0 Å². The maximum absolute atomic E-state index is 12.4. The predicted octanol–water partition coefficient (Wildman–Crippen LogP) is 2.79. The first-order valence-electron chi connectivity index (χ1n) is 7.45. The Balaban J connectivity index is 0.00000242. The molecule has 1 unspecified atom stereocenters. The molecule has 2 amide bonds. The maximum Gasteiger partial charge on any atom is 0.231 e. The van der Waals surface area contributed by atoms with Gasteiger partial charge in [0.1, 0.15) is 0 Å². The van der Waals surface area contributed by atoms with Gasteiger partial charge in [-0.05, 0) is 50.6 Å². The molecule has 1 fully saturated rings. The van der Waals surface area contributed by atoms with E-state index in [9.17, 15) is 9.59 Å². The lowest BCUT2D eigenvalue weighted by molar-refractivity contribution is -0.125. The van der Waals surface area contributed by atoms with Crippen LogP contribution in [0.2, 0.25) is 0 Å². The molecule has 122 valence electrons. The number of halogens is 1. The molecular weight excluding hydrogens is 302 g/mol. The van der Waals surface area contributed by atoms with Crippen molar-refractivity contribution in [1.29, 1.82) is 0 Å². The lowest BCUT2D eigenvalue weighted by atomic mass is 9.82. The maximum atomic E-state index is 12.4. The third-order valence-electron chi connectivity index (χ3n) is 3.89. The molecule has 5 nitrogen and oxygen atoms in total. The molecule has 3 N–H and O–H groups in total. The molecule has 1 heterocycles. The van der Waals surface area contributed by atoms with Crippen LogP contribution in [0, 0.1) is 5.41 Å². The lowest BCUT2D eigenvalue weighted by Crippen LogP contribution is -2.46. The number of anilines is 2. The van der Waals surface area contributed by atoms with E-state index < -0.39 is 0 Å². The average Bonchev–Trinajstić information content (AvgIpc) is 2.50. The molecular formula is C16H24ClN3O2. The summed E-state index contributed by atoms with van der Waals surface area (Å²) in [5.41, 5.74) is 1.14. The molecule has 1 aliphatic heterocycles. The fraction of sp³-hybridized carbons (Fsp3) is 0.500. The minimum atomic E-state index is -0.354. The fourth-order valence-corrected chi connectivity index (χ4v) is 2.42. The van der Waals surface area contributed by atoms with Crippen LogP contribution >= 0.6 is 12.4 Å². The topological polar surface area (TPSA) is 70.2 Å². The third-order valence-corrected chi connectivity index (χ3v) is 3.89. The number of nitrogens with one attached hydrogen (secondary N) is 3. The second-order valence-electron chi connectivity index (χ2n) is 5.77. The van der Waals surface area contributed by atoms with E-state index in [2.05, 4.69) is 16.0 Å². The van der Waals surface area contributed by atoms with Gasteiger partial charge in [0, 0.05) is 24.3 Å². The Morgan fingerprint density at radius 2 is 1.77 bits per heavy atom. The van der Waals surface area contributed by atoms with Crippen molar-refractivity contribution in [2.45, 2.75) is 33.1 Å². The minimum Gasteiger partial charge on any atom is -0.326 e. The van der Waals surface area contributed by atoms with E-state index in [-0.39, 0.29) is 29.6 Å². The van der Waals surface area contributed by atoms with Gasteiger partial charge < -0.3 is 16.0 Å². The number of rotatable bonds is 4. The molecule has 0 spiro atoms. The summed E-state index contributed by atoms with van der Waals surface area (Å²) < 4.78 is 0.